The lowest BCUT2D eigenvalue weighted by atomic mass is 10.2. The summed E-state index contributed by atoms with van der Waals surface area (Å²) in [5, 5.41) is 0. The number of hydrogen-bond acceptors (Lipinski definition) is 4. The standard InChI is InChI=1S/C18H28FN3O2/c1-4-22(5-2)18(23)14-21-10-8-20(9-11-21)13-15-6-7-17(24-3)16(19)12-15/h6-7,12H,4-5,8-11,13-14H2,1-3H3. The van der Waals surface area contributed by atoms with Crippen LogP contribution in [0.1, 0.15) is 19.4 Å². The van der Waals surface area contributed by atoms with Gasteiger partial charge in [-0.3, -0.25) is 14.6 Å². The maximum atomic E-state index is 13.8. The molecule has 1 amide bonds. The Kier molecular flexibility index (Phi) is 6.99. The Bertz CT molecular complexity index is 541. The van der Waals surface area contributed by atoms with E-state index in [0.29, 0.717) is 6.54 Å². The third kappa shape index (κ3) is 4.92. The van der Waals surface area contributed by atoms with Crippen LogP contribution in [-0.4, -0.2) is 73.5 Å². The zero-order valence-corrected chi connectivity index (χ0v) is 14.9. The SMILES string of the molecule is CCN(CC)C(=O)CN1CCN(Cc2ccc(OC)c(F)c2)CC1. The first-order valence-corrected chi connectivity index (χ1v) is 8.62. The largest absolute Gasteiger partial charge is 0.494 e. The van der Waals surface area contributed by atoms with Crippen LogP contribution in [0.25, 0.3) is 0 Å². The molecule has 24 heavy (non-hydrogen) atoms. The van der Waals surface area contributed by atoms with Gasteiger partial charge in [0, 0.05) is 45.8 Å². The highest BCUT2D eigenvalue weighted by Crippen LogP contribution is 2.19. The molecule has 1 fully saturated rings. The number of hydrogen-bond donors (Lipinski definition) is 0. The van der Waals surface area contributed by atoms with Crippen molar-refractivity contribution in [1.82, 2.24) is 14.7 Å². The number of carbonyl (C=O) groups is 1. The van der Waals surface area contributed by atoms with Crippen LogP contribution < -0.4 is 4.74 Å². The quantitative estimate of drug-likeness (QED) is 0.760. The zero-order chi connectivity index (χ0) is 17.5. The van der Waals surface area contributed by atoms with Gasteiger partial charge in [0.2, 0.25) is 5.91 Å². The topological polar surface area (TPSA) is 36.0 Å². The number of piperazine rings is 1. The third-order valence-corrected chi connectivity index (χ3v) is 4.56. The van der Waals surface area contributed by atoms with E-state index in [4.69, 9.17) is 4.74 Å². The summed E-state index contributed by atoms with van der Waals surface area (Å²) in [6.45, 7) is 10.3. The van der Waals surface area contributed by atoms with Crippen LogP contribution in [0.4, 0.5) is 4.39 Å². The molecule has 0 radical (unpaired) electrons. The molecule has 6 heteroatoms. The second-order valence-electron chi connectivity index (χ2n) is 6.09. The van der Waals surface area contributed by atoms with Crippen LogP contribution in [0.15, 0.2) is 18.2 Å². The van der Waals surface area contributed by atoms with Crippen LogP contribution in [0.2, 0.25) is 0 Å². The Hall–Kier alpha value is -1.66. The molecule has 0 spiro atoms. The summed E-state index contributed by atoms with van der Waals surface area (Å²) in [5.74, 6) is 0.155. The van der Waals surface area contributed by atoms with Crippen molar-refractivity contribution in [2.24, 2.45) is 0 Å². The lowest BCUT2D eigenvalue weighted by molar-refractivity contribution is -0.132. The van der Waals surface area contributed by atoms with Crippen molar-refractivity contribution in [3.8, 4) is 5.75 Å². The number of amides is 1. The molecule has 0 bridgehead atoms. The highest BCUT2D eigenvalue weighted by molar-refractivity contribution is 5.78. The molecule has 1 heterocycles. The van der Waals surface area contributed by atoms with Crippen molar-refractivity contribution in [2.45, 2.75) is 20.4 Å². The molecule has 2 rings (SSSR count). The third-order valence-electron chi connectivity index (χ3n) is 4.56. The predicted octanol–water partition coefficient (Wildman–Crippen LogP) is 1.82. The van der Waals surface area contributed by atoms with E-state index in [2.05, 4.69) is 9.80 Å². The number of halogens is 1. The first-order chi connectivity index (χ1) is 11.6. The molecule has 134 valence electrons. The summed E-state index contributed by atoms with van der Waals surface area (Å²) in [4.78, 5) is 18.5. The van der Waals surface area contributed by atoms with Gasteiger partial charge in [-0.05, 0) is 31.5 Å². The molecule has 1 aliphatic rings. The van der Waals surface area contributed by atoms with Crippen LogP contribution in [0, 0.1) is 5.82 Å². The smallest absolute Gasteiger partial charge is 0.236 e. The monoisotopic (exact) mass is 337 g/mol. The summed E-state index contributed by atoms with van der Waals surface area (Å²) in [6.07, 6.45) is 0. The molecule has 0 saturated carbocycles. The van der Waals surface area contributed by atoms with Gasteiger partial charge in [0.15, 0.2) is 11.6 Å². The van der Waals surface area contributed by atoms with Crippen molar-refractivity contribution >= 4 is 5.91 Å². The van der Waals surface area contributed by atoms with Gasteiger partial charge in [-0.15, -0.1) is 0 Å². The Balaban J connectivity index is 1.80. The van der Waals surface area contributed by atoms with Gasteiger partial charge in [0.1, 0.15) is 0 Å². The number of methoxy groups -OCH3 is 1. The molecule has 0 unspecified atom stereocenters. The van der Waals surface area contributed by atoms with E-state index in [1.54, 1.807) is 6.07 Å². The predicted molar refractivity (Wildman–Crippen MR) is 92.6 cm³/mol. The van der Waals surface area contributed by atoms with E-state index < -0.39 is 0 Å². The van der Waals surface area contributed by atoms with Crippen molar-refractivity contribution < 1.29 is 13.9 Å². The van der Waals surface area contributed by atoms with Crippen molar-refractivity contribution in [2.75, 3.05) is 52.9 Å². The van der Waals surface area contributed by atoms with Crippen LogP contribution >= 0.6 is 0 Å². The molecule has 0 N–H and O–H groups in total. The van der Waals surface area contributed by atoms with Crippen LogP contribution in [-0.2, 0) is 11.3 Å². The normalized spacial score (nSPS) is 16.2. The van der Waals surface area contributed by atoms with E-state index in [1.165, 1.54) is 13.2 Å². The summed E-state index contributed by atoms with van der Waals surface area (Å²) in [5.41, 5.74) is 0.945. The summed E-state index contributed by atoms with van der Waals surface area (Å²) in [6, 6.07) is 5.11. The molecular formula is C18H28FN3O2. The summed E-state index contributed by atoms with van der Waals surface area (Å²) >= 11 is 0. The Morgan fingerprint density at radius 3 is 2.33 bits per heavy atom. The van der Waals surface area contributed by atoms with Gasteiger partial charge in [0.25, 0.3) is 0 Å². The van der Waals surface area contributed by atoms with Crippen LogP contribution in [0.5, 0.6) is 5.75 Å². The van der Waals surface area contributed by atoms with E-state index in [-0.39, 0.29) is 17.5 Å². The summed E-state index contributed by atoms with van der Waals surface area (Å²) in [7, 11) is 1.47. The first-order valence-electron chi connectivity index (χ1n) is 8.62. The van der Waals surface area contributed by atoms with Gasteiger partial charge in [-0.2, -0.15) is 0 Å². The first kappa shape index (κ1) is 18.7. The van der Waals surface area contributed by atoms with E-state index in [1.807, 2.05) is 24.8 Å². The van der Waals surface area contributed by atoms with E-state index in [9.17, 15) is 9.18 Å². The Morgan fingerprint density at radius 1 is 1.17 bits per heavy atom. The van der Waals surface area contributed by atoms with Gasteiger partial charge in [-0.1, -0.05) is 6.07 Å². The molecule has 0 aliphatic carbocycles. The van der Waals surface area contributed by atoms with Crippen molar-refractivity contribution in [3.63, 3.8) is 0 Å². The number of carbonyl (C=O) groups excluding carboxylic acids is 1. The van der Waals surface area contributed by atoms with Gasteiger partial charge >= 0.3 is 0 Å². The molecule has 1 aromatic rings. The fourth-order valence-electron chi connectivity index (χ4n) is 3.04. The minimum absolute atomic E-state index is 0.200. The highest BCUT2D eigenvalue weighted by Gasteiger charge is 2.21. The Morgan fingerprint density at radius 2 is 1.79 bits per heavy atom. The number of nitrogens with zero attached hydrogens (tertiary/aromatic N) is 3. The second kappa shape index (κ2) is 8.99. The molecule has 5 nitrogen and oxygen atoms in total. The molecule has 0 atom stereocenters. The molecule has 1 saturated heterocycles. The number of benzene rings is 1. The van der Waals surface area contributed by atoms with E-state index >= 15 is 0 Å². The number of likely N-dealkylation sites (N-methyl/N-ethyl adjacent to an activating group) is 1. The molecular weight excluding hydrogens is 309 g/mol. The Labute approximate surface area is 144 Å². The van der Waals surface area contributed by atoms with Gasteiger partial charge in [-0.25, -0.2) is 4.39 Å². The zero-order valence-electron chi connectivity index (χ0n) is 14.9. The van der Waals surface area contributed by atoms with Crippen LogP contribution in [0.3, 0.4) is 0 Å². The average Bonchev–Trinajstić information content (AvgIpc) is 2.58. The van der Waals surface area contributed by atoms with Gasteiger partial charge < -0.3 is 9.64 Å². The lowest BCUT2D eigenvalue weighted by Gasteiger charge is -2.35. The van der Waals surface area contributed by atoms with Gasteiger partial charge in [0.05, 0.1) is 13.7 Å². The second-order valence-corrected chi connectivity index (χ2v) is 6.09. The molecule has 0 aromatic heterocycles. The molecule has 1 aromatic carbocycles. The van der Waals surface area contributed by atoms with E-state index in [0.717, 1.165) is 51.4 Å². The number of rotatable bonds is 7. The number of ether oxygens (including phenoxy) is 1. The average molecular weight is 337 g/mol. The van der Waals surface area contributed by atoms with Crippen molar-refractivity contribution in [1.29, 1.82) is 0 Å². The maximum Gasteiger partial charge on any atom is 0.236 e. The fraction of sp³-hybridized carbons (Fsp3) is 0.611. The lowest BCUT2D eigenvalue weighted by Crippen LogP contribution is -2.49. The molecule has 1 aliphatic heterocycles. The summed E-state index contributed by atoms with van der Waals surface area (Å²) < 4.78 is 18.7. The maximum absolute atomic E-state index is 13.8. The minimum atomic E-state index is -0.321. The highest BCUT2D eigenvalue weighted by atomic mass is 19.1. The van der Waals surface area contributed by atoms with Crippen molar-refractivity contribution in [3.05, 3.63) is 29.6 Å². The minimum Gasteiger partial charge on any atom is -0.494 e. The fourth-order valence-corrected chi connectivity index (χ4v) is 3.04.